The molecule has 6 nitrogen and oxygen atoms in total. The summed E-state index contributed by atoms with van der Waals surface area (Å²) >= 11 is 5.23. The predicted molar refractivity (Wildman–Crippen MR) is 135 cm³/mol. The minimum absolute atomic E-state index is 0.111. The number of carbonyl (C=O) groups excluding carboxylic acids is 2. The molecule has 33 heavy (non-hydrogen) atoms. The summed E-state index contributed by atoms with van der Waals surface area (Å²) in [4.78, 5) is 26.6. The lowest BCUT2D eigenvalue weighted by molar-refractivity contribution is -0.115. The summed E-state index contributed by atoms with van der Waals surface area (Å²) in [7, 11) is 3.36. The molecule has 0 unspecified atom stereocenters. The highest BCUT2D eigenvalue weighted by Gasteiger charge is 2.13. The van der Waals surface area contributed by atoms with Gasteiger partial charge in [-0.3, -0.25) is 14.9 Å². The number of amides is 2. The summed E-state index contributed by atoms with van der Waals surface area (Å²) < 4.78 is 5.11. The van der Waals surface area contributed by atoms with Gasteiger partial charge in [0.05, 0.1) is 7.11 Å². The Morgan fingerprint density at radius 1 is 1.00 bits per heavy atom. The van der Waals surface area contributed by atoms with Gasteiger partial charge in [-0.2, -0.15) is 0 Å². The van der Waals surface area contributed by atoms with E-state index < -0.39 is 0 Å². The molecule has 0 atom stereocenters. The first-order chi connectivity index (χ1) is 15.9. The molecule has 0 bridgehead atoms. The summed E-state index contributed by atoms with van der Waals surface area (Å²) in [6.45, 7) is 0.506. The smallest absolute Gasteiger partial charge is 0.253 e. The molecule has 0 spiro atoms. The van der Waals surface area contributed by atoms with Crippen molar-refractivity contribution in [2.24, 2.45) is 0 Å². The zero-order valence-electron chi connectivity index (χ0n) is 18.4. The van der Waals surface area contributed by atoms with Gasteiger partial charge in [0.15, 0.2) is 5.11 Å². The molecule has 0 saturated heterocycles. The third-order valence-electron chi connectivity index (χ3n) is 4.76. The fraction of sp³-hybridized carbons (Fsp3) is 0.115. The molecule has 0 aliphatic carbocycles. The Morgan fingerprint density at radius 3 is 2.42 bits per heavy atom. The van der Waals surface area contributed by atoms with E-state index in [2.05, 4.69) is 10.6 Å². The van der Waals surface area contributed by atoms with Crippen molar-refractivity contribution < 1.29 is 14.3 Å². The monoisotopic (exact) mass is 459 g/mol. The van der Waals surface area contributed by atoms with E-state index in [1.165, 1.54) is 6.08 Å². The van der Waals surface area contributed by atoms with Crippen LogP contribution < -0.4 is 15.4 Å². The number of carbonyl (C=O) groups is 2. The number of benzene rings is 3. The SMILES string of the molecule is COc1ccc(/C=C/C(=O)NC(=S)Nc2cccc(C(=O)N(C)Cc3ccccc3)c2)cc1. The number of thiocarbonyl (C=S) groups is 1. The number of hydrogen-bond acceptors (Lipinski definition) is 4. The molecular weight excluding hydrogens is 434 g/mol. The van der Waals surface area contributed by atoms with Gasteiger partial charge in [-0.05, 0) is 59.8 Å². The standard InChI is InChI=1S/C26H25N3O3S/c1-29(18-20-7-4-3-5-8-20)25(31)21-9-6-10-22(17-21)27-26(33)28-24(30)16-13-19-11-14-23(32-2)15-12-19/h3-17H,18H2,1-2H3,(H2,27,28,30,33)/b16-13+. The summed E-state index contributed by atoms with van der Waals surface area (Å²) in [5.74, 6) is 0.270. The minimum Gasteiger partial charge on any atom is -0.497 e. The molecule has 0 saturated carbocycles. The van der Waals surface area contributed by atoms with Crippen LogP contribution in [0.4, 0.5) is 5.69 Å². The molecular formula is C26H25N3O3S. The van der Waals surface area contributed by atoms with Gasteiger partial charge in [0.1, 0.15) is 5.75 Å². The fourth-order valence-corrected chi connectivity index (χ4v) is 3.30. The van der Waals surface area contributed by atoms with Gasteiger partial charge in [-0.15, -0.1) is 0 Å². The largest absolute Gasteiger partial charge is 0.497 e. The van der Waals surface area contributed by atoms with Crippen LogP contribution in [0.2, 0.25) is 0 Å². The Labute approximate surface area is 198 Å². The highest BCUT2D eigenvalue weighted by atomic mass is 32.1. The molecule has 0 aromatic heterocycles. The average Bonchev–Trinajstić information content (AvgIpc) is 2.83. The molecule has 2 amide bonds. The molecule has 168 valence electrons. The molecule has 3 aromatic rings. The maximum Gasteiger partial charge on any atom is 0.253 e. The van der Waals surface area contributed by atoms with E-state index in [0.29, 0.717) is 17.8 Å². The van der Waals surface area contributed by atoms with Gasteiger partial charge < -0.3 is 15.0 Å². The van der Waals surface area contributed by atoms with Gasteiger partial charge in [0.2, 0.25) is 5.91 Å². The number of ether oxygens (including phenoxy) is 1. The number of rotatable bonds is 7. The molecule has 0 fully saturated rings. The number of nitrogens with one attached hydrogen (secondary N) is 2. The lowest BCUT2D eigenvalue weighted by Gasteiger charge is -2.18. The quantitative estimate of drug-likeness (QED) is 0.402. The molecule has 3 aromatic carbocycles. The molecule has 0 aliphatic rings. The van der Waals surface area contributed by atoms with Gasteiger partial charge >= 0.3 is 0 Å². The second kappa shape index (κ2) is 11.6. The minimum atomic E-state index is -0.363. The first-order valence-corrected chi connectivity index (χ1v) is 10.7. The van der Waals surface area contributed by atoms with Gasteiger partial charge in [0.25, 0.3) is 5.91 Å². The third-order valence-corrected chi connectivity index (χ3v) is 4.96. The van der Waals surface area contributed by atoms with Crippen LogP contribution >= 0.6 is 12.2 Å². The van der Waals surface area contributed by atoms with Gasteiger partial charge in [-0.1, -0.05) is 48.5 Å². The zero-order valence-corrected chi connectivity index (χ0v) is 19.3. The predicted octanol–water partition coefficient (Wildman–Crippen LogP) is 4.49. The summed E-state index contributed by atoms with van der Waals surface area (Å²) in [5, 5.41) is 5.69. The number of nitrogens with zero attached hydrogens (tertiary/aromatic N) is 1. The van der Waals surface area contributed by atoms with Crippen LogP contribution in [0.1, 0.15) is 21.5 Å². The van der Waals surface area contributed by atoms with Crippen LogP contribution in [0.15, 0.2) is 84.9 Å². The van der Waals surface area contributed by atoms with Crippen LogP contribution in [0.5, 0.6) is 5.75 Å². The molecule has 0 aliphatic heterocycles. The first-order valence-electron chi connectivity index (χ1n) is 10.3. The number of anilines is 1. The van der Waals surface area contributed by atoms with Crippen LogP contribution in [-0.2, 0) is 11.3 Å². The Kier molecular flexibility index (Phi) is 8.32. The van der Waals surface area contributed by atoms with E-state index in [-0.39, 0.29) is 16.9 Å². The maximum atomic E-state index is 12.8. The lowest BCUT2D eigenvalue weighted by Crippen LogP contribution is -2.33. The fourth-order valence-electron chi connectivity index (χ4n) is 3.08. The van der Waals surface area contributed by atoms with Crippen molar-refractivity contribution >= 4 is 40.9 Å². The first kappa shape index (κ1) is 23.7. The van der Waals surface area contributed by atoms with Crippen molar-refractivity contribution in [3.63, 3.8) is 0 Å². The second-order valence-electron chi connectivity index (χ2n) is 7.28. The van der Waals surface area contributed by atoms with Crippen molar-refractivity contribution in [1.29, 1.82) is 0 Å². The lowest BCUT2D eigenvalue weighted by atomic mass is 10.1. The Bertz CT molecular complexity index is 1140. The van der Waals surface area contributed by atoms with Crippen molar-refractivity contribution in [3.05, 3.63) is 102 Å². The maximum absolute atomic E-state index is 12.8. The summed E-state index contributed by atoms with van der Waals surface area (Å²) in [5.41, 5.74) is 3.04. The Hall–Kier alpha value is -3.97. The van der Waals surface area contributed by atoms with E-state index in [0.717, 1.165) is 16.9 Å². The van der Waals surface area contributed by atoms with E-state index in [9.17, 15) is 9.59 Å². The van der Waals surface area contributed by atoms with E-state index in [4.69, 9.17) is 17.0 Å². The van der Waals surface area contributed by atoms with Crippen LogP contribution in [-0.4, -0.2) is 36.0 Å². The number of methoxy groups -OCH3 is 1. The van der Waals surface area contributed by atoms with Crippen LogP contribution in [0.3, 0.4) is 0 Å². The normalized spacial score (nSPS) is 10.5. The molecule has 0 heterocycles. The van der Waals surface area contributed by atoms with Crippen LogP contribution in [0.25, 0.3) is 6.08 Å². The molecule has 0 radical (unpaired) electrons. The third kappa shape index (κ3) is 7.29. The van der Waals surface area contributed by atoms with E-state index in [1.54, 1.807) is 49.4 Å². The average molecular weight is 460 g/mol. The van der Waals surface area contributed by atoms with Crippen molar-refractivity contribution in [1.82, 2.24) is 10.2 Å². The van der Waals surface area contributed by atoms with E-state index >= 15 is 0 Å². The second-order valence-corrected chi connectivity index (χ2v) is 7.69. The zero-order chi connectivity index (χ0) is 23.6. The summed E-state index contributed by atoms with van der Waals surface area (Å²) in [6.07, 6.45) is 3.08. The van der Waals surface area contributed by atoms with Crippen LogP contribution in [0, 0.1) is 0 Å². The number of hydrogen-bond donors (Lipinski definition) is 2. The van der Waals surface area contributed by atoms with Crippen molar-refractivity contribution in [2.45, 2.75) is 6.54 Å². The van der Waals surface area contributed by atoms with Gasteiger partial charge in [0, 0.05) is 30.9 Å². The highest BCUT2D eigenvalue weighted by molar-refractivity contribution is 7.80. The molecule has 7 heteroatoms. The van der Waals surface area contributed by atoms with E-state index in [1.807, 2.05) is 54.6 Å². The van der Waals surface area contributed by atoms with Crippen molar-refractivity contribution in [3.8, 4) is 5.75 Å². The molecule has 3 rings (SSSR count). The van der Waals surface area contributed by atoms with Gasteiger partial charge in [-0.25, -0.2) is 0 Å². The molecule has 2 N–H and O–H groups in total. The van der Waals surface area contributed by atoms with Crippen molar-refractivity contribution in [2.75, 3.05) is 19.5 Å². The summed E-state index contributed by atoms with van der Waals surface area (Å²) in [6, 6.07) is 24.1. The highest BCUT2D eigenvalue weighted by Crippen LogP contribution is 2.14. The topological polar surface area (TPSA) is 70.7 Å². The Morgan fingerprint density at radius 2 is 1.73 bits per heavy atom. The Balaban J connectivity index is 1.55.